The molecular weight excluding hydrogens is 346 g/mol. The highest BCUT2D eigenvalue weighted by atomic mass is 16.5. The van der Waals surface area contributed by atoms with Gasteiger partial charge in [0.15, 0.2) is 5.65 Å². The van der Waals surface area contributed by atoms with E-state index in [2.05, 4.69) is 25.5 Å². The van der Waals surface area contributed by atoms with E-state index in [1.165, 1.54) is 0 Å². The van der Waals surface area contributed by atoms with E-state index in [9.17, 15) is 0 Å². The second kappa shape index (κ2) is 7.42. The van der Waals surface area contributed by atoms with Crippen LogP contribution in [0.15, 0.2) is 49.1 Å². The average molecular weight is 365 g/mol. The number of anilines is 2. The molecule has 1 aromatic carbocycles. The molecule has 3 aromatic heterocycles. The Bertz CT molecular complexity index is 1060. The quantitative estimate of drug-likeness (QED) is 0.514. The van der Waals surface area contributed by atoms with Crippen LogP contribution in [0.1, 0.15) is 5.56 Å². The minimum absolute atomic E-state index is 0.0321. The van der Waals surface area contributed by atoms with Gasteiger partial charge in [-0.25, -0.2) is 9.67 Å². The highest BCUT2D eigenvalue weighted by molar-refractivity contribution is 5.75. The van der Waals surface area contributed by atoms with Gasteiger partial charge in [0.05, 0.1) is 36.6 Å². The van der Waals surface area contributed by atoms with Gasteiger partial charge in [-0.3, -0.25) is 4.68 Å². The number of ether oxygens (including phenoxy) is 1. The number of hydrogen-bond acceptors (Lipinski definition) is 7. The lowest BCUT2D eigenvalue weighted by molar-refractivity contribution is 0.200. The molecule has 0 radical (unpaired) electrons. The van der Waals surface area contributed by atoms with Crippen LogP contribution in [0.3, 0.4) is 0 Å². The van der Waals surface area contributed by atoms with Gasteiger partial charge in [-0.1, -0.05) is 18.2 Å². The normalized spacial score (nSPS) is 11.0. The van der Waals surface area contributed by atoms with Gasteiger partial charge in [0.1, 0.15) is 12.4 Å². The Labute approximate surface area is 155 Å². The van der Waals surface area contributed by atoms with Crippen LogP contribution in [0.25, 0.3) is 11.0 Å². The van der Waals surface area contributed by atoms with Crippen molar-refractivity contribution in [3.8, 4) is 5.75 Å². The Morgan fingerprint density at radius 3 is 2.85 bits per heavy atom. The van der Waals surface area contributed by atoms with Crippen LogP contribution in [0.4, 0.5) is 11.6 Å². The van der Waals surface area contributed by atoms with Gasteiger partial charge in [-0.15, -0.1) is 0 Å². The molecule has 9 nitrogen and oxygen atoms in total. The molecule has 4 aromatic rings. The molecule has 0 bridgehead atoms. The number of aliphatic hydroxyl groups is 1. The van der Waals surface area contributed by atoms with Gasteiger partial charge < -0.3 is 15.2 Å². The highest BCUT2D eigenvalue weighted by Crippen LogP contribution is 2.21. The van der Waals surface area contributed by atoms with E-state index in [1.54, 1.807) is 28.0 Å². The minimum Gasteiger partial charge on any atom is -0.491 e. The standard InChI is InChI=1S/C18H19N7O2/c1-24-12-15(10-20-24)22-18-19-8-14-9-21-25(17(14)23-18)11-13-4-2-3-5-16(13)27-7-6-26/h2-5,8-10,12,26H,6-7,11H2,1H3,(H,19,22,23). The molecule has 27 heavy (non-hydrogen) atoms. The van der Waals surface area contributed by atoms with Crippen LogP contribution in [0.2, 0.25) is 0 Å². The number of hydrogen-bond donors (Lipinski definition) is 2. The summed E-state index contributed by atoms with van der Waals surface area (Å²) >= 11 is 0. The zero-order valence-corrected chi connectivity index (χ0v) is 14.8. The number of para-hydroxylation sites is 1. The molecule has 4 rings (SSSR count). The first-order valence-electron chi connectivity index (χ1n) is 8.49. The average Bonchev–Trinajstić information content (AvgIpc) is 3.27. The number of fused-ring (bicyclic) bond motifs is 1. The third kappa shape index (κ3) is 3.72. The topological polar surface area (TPSA) is 103 Å². The van der Waals surface area contributed by atoms with Crippen molar-refractivity contribution >= 4 is 22.7 Å². The van der Waals surface area contributed by atoms with Crippen molar-refractivity contribution < 1.29 is 9.84 Å². The Hall–Kier alpha value is -3.46. The fraction of sp³-hybridized carbons (Fsp3) is 0.222. The summed E-state index contributed by atoms with van der Waals surface area (Å²) in [6.07, 6.45) is 7.03. The zero-order chi connectivity index (χ0) is 18.6. The smallest absolute Gasteiger partial charge is 0.229 e. The fourth-order valence-corrected chi connectivity index (χ4v) is 2.75. The predicted molar refractivity (Wildman–Crippen MR) is 99.9 cm³/mol. The minimum atomic E-state index is -0.0321. The molecule has 0 aliphatic heterocycles. The second-order valence-corrected chi connectivity index (χ2v) is 5.98. The highest BCUT2D eigenvalue weighted by Gasteiger charge is 2.11. The number of nitrogens with zero attached hydrogens (tertiary/aromatic N) is 6. The summed E-state index contributed by atoms with van der Waals surface area (Å²) in [5.41, 5.74) is 2.48. The van der Waals surface area contributed by atoms with E-state index in [4.69, 9.17) is 9.84 Å². The zero-order valence-electron chi connectivity index (χ0n) is 14.8. The molecule has 138 valence electrons. The molecule has 0 fully saturated rings. The van der Waals surface area contributed by atoms with Gasteiger partial charge in [0.25, 0.3) is 0 Å². The molecule has 0 atom stereocenters. The maximum absolute atomic E-state index is 9.00. The van der Waals surface area contributed by atoms with E-state index in [0.29, 0.717) is 18.1 Å². The molecule has 0 aliphatic rings. The largest absolute Gasteiger partial charge is 0.491 e. The number of nitrogens with one attached hydrogen (secondary N) is 1. The summed E-state index contributed by atoms with van der Waals surface area (Å²) in [5.74, 6) is 1.19. The molecule has 0 saturated heterocycles. The second-order valence-electron chi connectivity index (χ2n) is 5.98. The van der Waals surface area contributed by atoms with E-state index in [1.807, 2.05) is 37.5 Å². The van der Waals surface area contributed by atoms with Crippen molar-refractivity contribution in [2.75, 3.05) is 18.5 Å². The number of aryl methyl sites for hydroxylation is 1. The van der Waals surface area contributed by atoms with E-state index in [-0.39, 0.29) is 13.2 Å². The predicted octanol–water partition coefficient (Wildman–Crippen LogP) is 1.72. The van der Waals surface area contributed by atoms with Crippen molar-refractivity contribution in [1.82, 2.24) is 29.5 Å². The number of rotatable bonds is 7. The fourth-order valence-electron chi connectivity index (χ4n) is 2.75. The van der Waals surface area contributed by atoms with Gasteiger partial charge in [-0.2, -0.15) is 15.2 Å². The molecular formula is C18H19N7O2. The molecule has 0 aliphatic carbocycles. The monoisotopic (exact) mass is 365 g/mol. The van der Waals surface area contributed by atoms with Crippen LogP contribution in [0, 0.1) is 0 Å². The molecule has 3 heterocycles. The van der Waals surface area contributed by atoms with Crippen molar-refractivity contribution in [2.24, 2.45) is 7.05 Å². The summed E-state index contributed by atoms with van der Waals surface area (Å²) in [4.78, 5) is 8.91. The lowest BCUT2D eigenvalue weighted by Crippen LogP contribution is -2.08. The Balaban J connectivity index is 1.62. The van der Waals surface area contributed by atoms with Crippen molar-refractivity contribution in [2.45, 2.75) is 6.54 Å². The van der Waals surface area contributed by atoms with Crippen LogP contribution >= 0.6 is 0 Å². The maximum Gasteiger partial charge on any atom is 0.229 e. The van der Waals surface area contributed by atoms with Crippen molar-refractivity contribution in [3.05, 3.63) is 54.6 Å². The maximum atomic E-state index is 9.00. The van der Waals surface area contributed by atoms with Crippen LogP contribution in [-0.2, 0) is 13.6 Å². The lowest BCUT2D eigenvalue weighted by Gasteiger charge is -2.11. The van der Waals surface area contributed by atoms with E-state index < -0.39 is 0 Å². The summed E-state index contributed by atoms with van der Waals surface area (Å²) in [7, 11) is 1.85. The first-order chi connectivity index (χ1) is 13.2. The Morgan fingerprint density at radius 1 is 1.15 bits per heavy atom. The van der Waals surface area contributed by atoms with Gasteiger partial charge >= 0.3 is 0 Å². The molecule has 9 heteroatoms. The molecule has 0 amide bonds. The third-order valence-corrected chi connectivity index (χ3v) is 3.98. The van der Waals surface area contributed by atoms with Crippen molar-refractivity contribution in [1.29, 1.82) is 0 Å². The Morgan fingerprint density at radius 2 is 2.04 bits per heavy atom. The molecule has 0 saturated carbocycles. The SMILES string of the molecule is Cn1cc(Nc2ncc3cnn(Cc4ccccc4OCCO)c3n2)cn1. The van der Waals surface area contributed by atoms with Crippen LogP contribution < -0.4 is 10.1 Å². The first kappa shape index (κ1) is 17.0. The number of aliphatic hydroxyl groups excluding tert-OH is 1. The molecule has 0 spiro atoms. The van der Waals surface area contributed by atoms with Crippen molar-refractivity contribution in [3.63, 3.8) is 0 Å². The molecule has 0 unspecified atom stereocenters. The van der Waals surface area contributed by atoms with Gasteiger partial charge in [0, 0.05) is 25.0 Å². The Kier molecular flexibility index (Phi) is 4.67. The van der Waals surface area contributed by atoms with E-state index in [0.717, 1.165) is 22.4 Å². The first-order valence-corrected chi connectivity index (χ1v) is 8.49. The summed E-state index contributed by atoms with van der Waals surface area (Å²) in [6, 6.07) is 7.68. The summed E-state index contributed by atoms with van der Waals surface area (Å²) < 4.78 is 9.11. The summed E-state index contributed by atoms with van der Waals surface area (Å²) in [5, 5.41) is 21.5. The number of aromatic nitrogens is 6. The third-order valence-electron chi connectivity index (χ3n) is 3.98. The summed E-state index contributed by atoms with van der Waals surface area (Å²) in [6.45, 7) is 0.711. The molecule has 2 N–H and O–H groups in total. The van der Waals surface area contributed by atoms with Crippen LogP contribution in [0.5, 0.6) is 5.75 Å². The van der Waals surface area contributed by atoms with Crippen LogP contribution in [-0.4, -0.2) is 47.8 Å². The van der Waals surface area contributed by atoms with Gasteiger partial charge in [0.2, 0.25) is 5.95 Å². The van der Waals surface area contributed by atoms with Gasteiger partial charge in [-0.05, 0) is 6.07 Å². The lowest BCUT2D eigenvalue weighted by atomic mass is 10.2. The van der Waals surface area contributed by atoms with E-state index >= 15 is 0 Å². The number of benzene rings is 1.